The van der Waals surface area contributed by atoms with Crippen LogP contribution in [0.1, 0.15) is 30.2 Å². The van der Waals surface area contributed by atoms with Gasteiger partial charge in [-0.25, -0.2) is 0 Å². The second-order valence-corrected chi connectivity index (χ2v) is 5.31. The van der Waals surface area contributed by atoms with Crippen LogP contribution in [-0.2, 0) is 0 Å². The first-order valence-corrected chi connectivity index (χ1v) is 5.92. The first kappa shape index (κ1) is 11.5. The largest absolute Gasteiger partial charge is 0.323 e. The van der Waals surface area contributed by atoms with E-state index in [0.29, 0.717) is 0 Å². The molecular weight excluding hydrogens is 270 g/mol. The molecule has 1 saturated carbocycles. The van der Waals surface area contributed by atoms with Gasteiger partial charge in [0.2, 0.25) is 0 Å². The molecule has 1 nitrogen and oxygen atoms in total. The molecule has 0 aromatic carbocycles. The molecule has 2 rings (SSSR count). The van der Waals surface area contributed by atoms with E-state index >= 15 is 0 Å². The van der Waals surface area contributed by atoms with E-state index in [0.717, 1.165) is 10.4 Å². The van der Waals surface area contributed by atoms with Crippen molar-refractivity contribution in [1.82, 2.24) is 0 Å². The number of thiophene rings is 1. The van der Waals surface area contributed by atoms with Gasteiger partial charge in [-0.3, -0.25) is 0 Å². The molecule has 13 heavy (non-hydrogen) atoms. The van der Waals surface area contributed by atoms with Crippen LogP contribution in [0, 0.1) is 5.92 Å². The van der Waals surface area contributed by atoms with Crippen LogP contribution in [0.25, 0.3) is 0 Å². The summed E-state index contributed by atoms with van der Waals surface area (Å²) >= 11 is 5.19. The summed E-state index contributed by atoms with van der Waals surface area (Å²) in [6.45, 7) is 0. The Morgan fingerprint density at radius 2 is 2.31 bits per heavy atom. The second-order valence-electron chi connectivity index (χ2n) is 3.45. The zero-order valence-corrected chi connectivity index (χ0v) is 10.4. The van der Waals surface area contributed by atoms with Gasteiger partial charge in [-0.1, -0.05) is 12.8 Å². The van der Waals surface area contributed by atoms with Gasteiger partial charge < -0.3 is 5.73 Å². The molecule has 1 fully saturated rings. The summed E-state index contributed by atoms with van der Waals surface area (Å²) in [6.07, 6.45) is 3.95. The van der Waals surface area contributed by atoms with E-state index in [1.165, 1.54) is 24.1 Å². The lowest BCUT2D eigenvalue weighted by atomic mass is 10.1. The Morgan fingerprint density at radius 1 is 1.62 bits per heavy atom. The van der Waals surface area contributed by atoms with Crippen LogP contribution in [0.2, 0.25) is 0 Å². The van der Waals surface area contributed by atoms with Crippen molar-refractivity contribution >= 4 is 39.7 Å². The van der Waals surface area contributed by atoms with Gasteiger partial charge in [0, 0.05) is 20.8 Å². The van der Waals surface area contributed by atoms with Crippen molar-refractivity contribution in [3.05, 3.63) is 20.8 Å². The van der Waals surface area contributed by atoms with Crippen molar-refractivity contribution in [1.29, 1.82) is 0 Å². The maximum atomic E-state index is 6.04. The highest BCUT2D eigenvalue weighted by Gasteiger charge is 2.24. The quantitative estimate of drug-likeness (QED) is 0.898. The lowest BCUT2D eigenvalue weighted by Gasteiger charge is -2.06. The van der Waals surface area contributed by atoms with Crippen molar-refractivity contribution in [3.63, 3.8) is 0 Å². The lowest BCUT2D eigenvalue weighted by Crippen LogP contribution is -2.08. The first-order valence-electron chi connectivity index (χ1n) is 4.25. The predicted molar refractivity (Wildman–Crippen MR) is 63.5 cm³/mol. The fraction of sp³-hybridized carbons (Fsp3) is 0.556. The predicted octanol–water partition coefficient (Wildman–Crippen LogP) is 3.73. The molecule has 1 heterocycles. The second kappa shape index (κ2) is 4.78. The average Bonchev–Trinajstić information content (AvgIpc) is 2.72. The topological polar surface area (TPSA) is 26.0 Å². The summed E-state index contributed by atoms with van der Waals surface area (Å²) in [6, 6.07) is 2.41. The molecule has 1 aromatic rings. The highest BCUT2D eigenvalue weighted by molar-refractivity contribution is 9.10. The van der Waals surface area contributed by atoms with E-state index in [-0.39, 0.29) is 18.4 Å². The van der Waals surface area contributed by atoms with Gasteiger partial charge >= 0.3 is 0 Å². The summed E-state index contributed by atoms with van der Waals surface area (Å²) in [5.41, 5.74) is 6.04. The summed E-state index contributed by atoms with van der Waals surface area (Å²) in [7, 11) is 0. The molecule has 0 spiro atoms. The van der Waals surface area contributed by atoms with Crippen LogP contribution in [0.3, 0.4) is 0 Å². The average molecular weight is 283 g/mol. The highest BCUT2D eigenvalue weighted by atomic mass is 79.9. The first-order chi connectivity index (χ1) is 5.75. The van der Waals surface area contributed by atoms with Crippen LogP contribution in [-0.4, -0.2) is 0 Å². The third-order valence-electron chi connectivity index (χ3n) is 2.24. The number of hydrogen-bond acceptors (Lipinski definition) is 2. The van der Waals surface area contributed by atoms with Crippen molar-refractivity contribution in [3.8, 4) is 0 Å². The molecule has 0 amide bonds. The summed E-state index contributed by atoms with van der Waals surface area (Å²) in [4.78, 5) is 1.31. The molecule has 1 aliphatic carbocycles. The Morgan fingerprint density at radius 3 is 2.77 bits per heavy atom. The molecule has 74 valence electrons. The van der Waals surface area contributed by atoms with E-state index in [1.807, 2.05) is 0 Å². The zero-order valence-electron chi connectivity index (χ0n) is 7.20. The van der Waals surface area contributed by atoms with Crippen LogP contribution < -0.4 is 5.73 Å². The lowest BCUT2D eigenvalue weighted by molar-refractivity contribution is 0.605. The molecule has 0 radical (unpaired) electrons. The molecular formula is C9H13BrClNS. The van der Waals surface area contributed by atoms with Gasteiger partial charge in [-0.2, -0.15) is 0 Å². The highest BCUT2D eigenvalue weighted by Crippen LogP contribution is 2.38. The molecule has 1 atom stereocenters. The van der Waals surface area contributed by atoms with Crippen molar-refractivity contribution < 1.29 is 0 Å². The Balaban J connectivity index is 0.000000845. The molecule has 0 saturated heterocycles. The van der Waals surface area contributed by atoms with E-state index < -0.39 is 0 Å². The summed E-state index contributed by atoms with van der Waals surface area (Å²) in [5, 5.41) is 2.10. The SMILES string of the molecule is Cl.N[C@H](CC1CC1)c1cc(Br)cs1. The van der Waals surface area contributed by atoms with Gasteiger partial charge in [0.1, 0.15) is 0 Å². The number of halogens is 2. The van der Waals surface area contributed by atoms with E-state index in [9.17, 15) is 0 Å². The third kappa shape index (κ3) is 3.24. The van der Waals surface area contributed by atoms with Gasteiger partial charge in [-0.05, 0) is 34.3 Å². The van der Waals surface area contributed by atoms with Crippen LogP contribution in [0.15, 0.2) is 15.9 Å². The van der Waals surface area contributed by atoms with Gasteiger partial charge in [-0.15, -0.1) is 23.7 Å². The Bertz CT molecular complexity index is 272. The minimum absolute atomic E-state index is 0. The maximum absolute atomic E-state index is 6.04. The Labute approximate surface area is 97.3 Å². The summed E-state index contributed by atoms with van der Waals surface area (Å²) in [5.74, 6) is 0.917. The third-order valence-corrected chi connectivity index (χ3v) is 4.06. The Hall–Kier alpha value is 0.430. The smallest absolute Gasteiger partial charge is 0.0392 e. The van der Waals surface area contributed by atoms with Gasteiger partial charge in [0.15, 0.2) is 0 Å². The van der Waals surface area contributed by atoms with Gasteiger partial charge in [0.05, 0.1) is 0 Å². The number of rotatable bonds is 3. The van der Waals surface area contributed by atoms with E-state index in [1.54, 1.807) is 11.3 Å². The molecule has 1 aliphatic rings. The number of hydrogen-bond donors (Lipinski definition) is 1. The monoisotopic (exact) mass is 281 g/mol. The molecule has 1 aromatic heterocycles. The molecule has 0 unspecified atom stereocenters. The standard InChI is InChI=1S/C9H12BrNS.ClH/c10-7-4-9(12-5-7)8(11)3-6-1-2-6;/h4-6,8H,1-3,11H2;1H/t8-;/m1./s1. The molecule has 0 aliphatic heterocycles. The van der Waals surface area contributed by atoms with E-state index in [4.69, 9.17) is 5.73 Å². The summed E-state index contributed by atoms with van der Waals surface area (Å²) < 4.78 is 1.16. The van der Waals surface area contributed by atoms with Crippen molar-refractivity contribution in [2.24, 2.45) is 11.7 Å². The zero-order chi connectivity index (χ0) is 8.55. The van der Waals surface area contributed by atoms with Crippen LogP contribution in [0.4, 0.5) is 0 Å². The van der Waals surface area contributed by atoms with Crippen molar-refractivity contribution in [2.45, 2.75) is 25.3 Å². The minimum atomic E-state index is 0. The molecule has 4 heteroatoms. The fourth-order valence-corrected chi connectivity index (χ4v) is 2.81. The van der Waals surface area contributed by atoms with Crippen LogP contribution in [0.5, 0.6) is 0 Å². The molecule has 0 bridgehead atoms. The normalized spacial score (nSPS) is 18.0. The minimum Gasteiger partial charge on any atom is -0.323 e. The fourth-order valence-electron chi connectivity index (χ4n) is 1.35. The van der Waals surface area contributed by atoms with Gasteiger partial charge in [0.25, 0.3) is 0 Å². The maximum Gasteiger partial charge on any atom is 0.0392 e. The Kier molecular flexibility index (Phi) is 4.23. The van der Waals surface area contributed by atoms with E-state index in [2.05, 4.69) is 27.4 Å². The molecule has 2 N–H and O–H groups in total. The number of nitrogens with two attached hydrogens (primary N) is 1. The van der Waals surface area contributed by atoms with Crippen LogP contribution >= 0.6 is 39.7 Å². The van der Waals surface area contributed by atoms with Crippen molar-refractivity contribution in [2.75, 3.05) is 0 Å².